The second-order valence-corrected chi connectivity index (χ2v) is 8.92. The number of nitrogens with zero attached hydrogens (tertiary/aromatic N) is 2. The number of H-pyrrole nitrogens is 1. The first-order valence-corrected chi connectivity index (χ1v) is 11.2. The fourth-order valence-corrected chi connectivity index (χ4v) is 4.72. The van der Waals surface area contributed by atoms with Crippen LogP contribution in [0.3, 0.4) is 0 Å². The lowest BCUT2D eigenvalue weighted by molar-refractivity contribution is 0.522. The number of fused-ring (bicyclic) bond motifs is 2. The number of nitrogens with one attached hydrogen (secondary N) is 3. The van der Waals surface area contributed by atoms with Crippen molar-refractivity contribution in [1.29, 1.82) is 0 Å². The lowest BCUT2D eigenvalue weighted by Crippen LogP contribution is -2.40. The summed E-state index contributed by atoms with van der Waals surface area (Å²) in [4.78, 5) is 19.2. The van der Waals surface area contributed by atoms with Gasteiger partial charge >= 0.3 is 5.69 Å². The summed E-state index contributed by atoms with van der Waals surface area (Å²) in [6.45, 7) is 3.26. The van der Waals surface area contributed by atoms with Crippen molar-refractivity contribution in [2.24, 2.45) is 0 Å². The van der Waals surface area contributed by atoms with E-state index < -0.39 is 10.0 Å². The molecule has 2 aromatic heterocycles. The molecule has 0 spiro atoms. The van der Waals surface area contributed by atoms with Crippen molar-refractivity contribution >= 4 is 44.2 Å². The molecule has 164 valence electrons. The van der Waals surface area contributed by atoms with Crippen LogP contribution in [0.4, 0.5) is 0 Å². The highest BCUT2D eigenvalue weighted by molar-refractivity contribution is 7.89. The van der Waals surface area contributed by atoms with Crippen molar-refractivity contribution in [2.75, 3.05) is 13.1 Å². The maximum Gasteiger partial charge on any atom is 0.326 e. The highest BCUT2D eigenvalue weighted by Crippen LogP contribution is 2.18. The van der Waals surface area contributed by atoms with Gasteiger partial charge in [-0.05, 0) is 42.6 Å². The van der Waals surface area contributed by atoms with Gasteiger partial charge in [-0.15, -0.1) is 12.4 Å². The summed E-state index contributed by atoms with van der Waals surface area (Å²) in [5, 5.41) is 4.92. The average molecular weight is 462 g/mol. The molecule has 0 aliphatic carbocycles. The number of hydrogen-bond acceptors (Lipinski definition) is 5. The summed E-state index contributed by atoms with van der Waals surface area (Å²) in [5.74, 6) is 0. The summed E-state index contributed by atoms with van der Waals surface area (Å²) in [6.07, 6.45) is 3.34. The van der Waals surface area contributed by atoms with Crippen LogP contribution in [-0.2, 0) is 16.6 Å². The number of aromatic nitrogens is 3. The molecule has 2 aromatic carbocycles. The average Bonchev–Trinajstić information content (AvgIpc) is 3.05. The highest BCUT2D eigenvalue weighted by Gasteiger charge is 2.17. The van der Waals surface area contributed by atoms with E-state index in [1.165, 1.54) is 0 Å². The summed E-state index contributed by atoms with van der Waals surface area (Å²) in [5.41, 5.74) is 1.50. The predicted octanol–water partition coefficient (Wildman–Crippen LogP) is 2.26. The first-order chi connectivity index (χ1) is 14.4. The Labute approximate surface area is 186 Å². The van der Waals surface area contributed by atoms with Gasteiger partial charge < -0.3 is 10.3 Å². The number of sulfonamides is 1. The van der Waals surface area contributed by atoms with E-state index in [-0.39, 0.29) is 29.0 Å². The third kappa shape index (κ3) is 5.13. The first-order valence-electron chi connectivity index (χ1n) is 9.68. The van der Waals surface area contributed by atoms with Crippen LogP contribution in [0.15, 0.2) is 70.6 Å². The highest BCUT2D eigenvalue weighted by atomic mass is 35.5. The number of imidazole rings is 1. The molecule has 4 rings (SSSR count). The standard InChI is InChI=1S/C21H23N5O3S.ClH/c1-15(13-23-10-11-26-20-5-3-2-4-19(20)24-21(26)27)25-30(28,29)18-7-6-17-14-22-9-8-16(17)12-18;/h2-9,12,14-15,23,25H,10-11,13H2,1H3,(H,24,27);1H/t15-;/m1./s1. The summed E-state index contributed by atoms with van der Waals surface area (Å²) < 4.78 is 29.7. The Kier molecular flexibility index (Phi) is 7.11. The molecule has 8 nitrogen and oxygen atoms in total. The van der Waals surface area contributed by atoms with Crippen LogP contribution in [0.1, 0.15) is 6.92 Å². The zero-order valence-corrected chi connectivity index (χ0v) is 18.5. The quantitative estimate of drug-likeness (QED) is 0.349. The minimum absolute atomic E-state index is 0. The zero-order chi connectivity index (χ0) is 21.1. The van der Waals surface area contributed by atoms with E-state index in [9.17, 15) is 13.2 Å². The molecule has 0 fully saturated rings. The van der Waals surface area contributed by atoms with Crippen LogP contribution in [0, 0.1) is 0 Å². The molecule has 0 aliphatic heterocycles. The fraction of sp³-hybridized carbons (Fsp3) is 0.238. The number of pyridine rings is 1. The van der Waals surface area contributed by atoms with Crippen LogP contribution in [0.5, 0.6) is 0 Å². The fourth-order valence-electron chi connectivity index (χ4n) is 3.44. The van der Waals surface area contributed by atoms with Crippen LogP contribution in [-0.4, -0.2) is 42.1 Å². The van der Waals surface area contributed by atoms with Crippen LogP contribution >= 0.6 is 12.4 Å². The van der Waals surface area contributed by atoms with Crippen molar-refractivity contribution in [2.45, 2.75) is 24.4 Å². The molecule has 0 aliphatic rings. The van der Waals surface area contributed by atoms with E-state index >= 15 is 0 Å². The monoisotopic (exact) mass is 461 g/mol. The van der Waals surface area contributed by atoms with Crippen LogP contribution < -0.4 is 15.7 Å². The Morgan fingerprint density at radius 2 is 1.94 bits per heavy atom. The van der Waals surface area contributed by atoms with E-state index in [4.69, 9.17) is 0 Å². The Morgan fingerprint density at radius 1 is 1.13 bits per heavy atom. The molecule has 3 N–H and O–H groups in total. The van der Waals surface area contributed by atoms with Gasteiger partial charge in [-0.1, -0.05) is 18.2 Å². The largest absolute Gasteiger partial charge is 0.326 e. The van der Waals surface area contributed by atoms with E-state index in [1.807, 2.05) is 24.3 Å². The molecule has 10 heteroatoms. The maximum absolute atomic E-state index is 12.7. The van der Waals surface area contributed by atoms with E-state index in [0.717, 1.165) is 21.8 Å². The maximum atomic E-state index is 12.7. The minimum Gasteiger partial charge on any atom is -0.313 e. The van der Waals surface area contributed by atoms with E-state index in [0.29, 0.717) is 19.6 Å². The van der Waals surface area contributed by atoms with E-state index in [2.05, 4.69) is 20.0 Å². The molecule has 0 bridgehead atoms. The van der Waals surface area contributed by atoms with Gasteiger partial charge in [0.1, 0.15) is 0 Å². The molecule has 0 saturated heterocycles. The number of hydrogen-bond donors (Lipinski definition) is 3. The third-order valence-corrected chi connectivity index (χ3v) is 6.51. The lowest BCUT2D eigenvalue weighted by atomic mass is 10.2. The number of halogens is 1. The molecule has 0 saturated carbocycles. The summed E-state index contributed by atoms with van der Waals surface area (Å²) >= 11 is 0. The van der Waals surface area contributed by atoms with Crippen molar-refractivity contribution < 1.29 is 8.42 Å². The molecule has 1 atom stereocenters. The van der Waals surface area contributed by atoms with Gasteiger partial charge in [0.05, 0.1) is 15.9 Å². The Morgan fingerprint density at radius 3 is 2.77 bits per heavy atom. The third-order valence-electron chi connectivity index (χ3n) is 4.92. The molecular weight excluding hydrogens is 438 g/mol. The second-order valence-electron chi connectivity index (χ2n) is 7.21. The number of para-hydroxylation sites is 2. The normalized spacial score (nSPS) is 12.7. The molecule has 31 heavy (non-hydrogen) atoms. The minimum atomic E-state index is -3.64. The van der Waals surface area contributed by atoms with E-state index in [1.54, 1.807) is 48.1 Å². The van der Waals surface area contributed by atoms with Gasteiger partial charge in [0.2, 0.25) is 10.0 Å². The molecule has 4 aromatic rings. The van der Waals surface area contributed by atoms with Gasteiger partial charge in [-0.3, -0.25) is 9.55 Å². The summed E-state index contributed by atoms with van der Waals surface area (Å²) in [7, 11) is -3.64. The Bertz CT molecular complexity index is 1350. The van der Waals surface area contributed by atoms with Gasteiger partial charge in [0.25, 0.3) is 0 Å². The van der Waals surface area contributed by atoms with Crippen LogP contribution in [0.2, 0.25) is 0 Å². The molecule has 0 amide bonds. The van der Waals surface area contributed by atoms with Crippen molar-refractivity contribution in [3.8, 4) is 0 Å². The van der Waals surface area contributed by atoms with Gasteiger partial charge in [0, 0.05) is 43.5 Å². The SMILES string of the molecule is C[C@H](CNCCn1c(=O)[nH]c2ccccc21)NS(=O)(=O)c1ccc2cnccc2c1.Cl. The second kappa shape index (κ2) is 9.61. The van der Waals surface area contributed by atoms with Crippen molar-refractivity contribution in [3.05, 3.63) is 71.4 Å². The first kappa shape index (κ1) is 23.0. The van der Waals surface area contributed by atoms with Gasteiger partial charge in [-0.2, -0.15) is 0 Å². The number of benzene rings is 2. The Balaban J connectivity index is 0.00000272. The van der Waals surface area contributed by atoms with Gasteiger partial charge in [0.15, 0.2) is 0 Å². The van der Waals surface area contributed by atoms with Crippen molar-refractivity contribution in [1.82, 2.24) is 24.6 Å². The van der Waals surface area contributed by atoms with Crippen LogP contribution in [0.25, 0.3) is 21.8 Å². The van der Waals surface area contributed by atoms with Crippen molar-refractivity contribution in [3.63, 3.8) is 0 Å². The summed E-state index contributed by atoms with van der Waals surface area (Å²) in [6, 6.07) is 14.0. The zero-order valence-electron chi connectivity index (χ0n) is 16.9. The number of rotatable bonds is 8. The number of aromatic amines is 1. The Hall–Kier alpha value is -2.72. The van der Waals surface area contributed by atoms with Gasteiger partial charge in [-0.25, -0.2) is 17.9 Å². The molecular formula is C21H24ClN5O3S. The smallest absolute Gasteiger partial charge is 0.313 e. The predicted molar refractivity (Wildman–Crippen MR) is 124 cm³/mol. The molecule has 0 unspecified atom stereocenters. The topological polar surface area (TPSA) is 109 Å². The molecule has 2 heterocycles. The lowest BCUT2D eigenvalue weighted by Gasteiger charge is -2.15. The molecule has 0 radical (unpaired) electrons.